The first-order valence-corrected chi connectivity index (χ1v) is 12.3. The summed E-state index contributed by atoms with van der Waals surface area (Å²) in [7, 11) is 1.61. The highest BCUT2D eigenvalue weighted by atomic mass is 16.5. The molecule has 4 aromatic carbocycles. The number of hydrogen-bond acceptors (Lipinski definition) is 4. The van der Waals surface area contributed by atoms with Crippen molar-refractivity contribution in [3.63, 3.8) is 0 Å². The van der Waals surface area contributed by atoms with E-state index in [1.54, 1.807) is 19.4 Å². The van der Waals surface area contributed by atoms with Gasteiger partial charge in [-0.1, -0.05) is 36.4 Å². The molecule has 0 aliphatic rings. The molecule has 5 aromatic rings. The first-order chi connectivity index (χ1) is 18.0. The smallest absolute Gasteiger partial charge is 0.248 e. The maximum absolute atomic E-state index is 12.9. The van der Waals surface area contributed by atoms with Crippen LogP contribution in [0.25, 0.3) is 38.4 Å². The summed E-state index contributed by atoms with van der Waals surface area (Å²) in [4.78, 5) is 12.9. The minimum Gasteiger partial charge on any atom is -0.497 e. The van der Waals surface area contributed by atoms with Crippen LogP contribution in [0.5, 0.6) is 11.5 Å². The van der Waals surface area contributed by atoms with Crippen LogP contribution in [0, 0.1) is 6.92 Å². The fourth-order valence-corrected chi connectivity index (χ4v) is 4.65. The van der Waals surface area contributed by atoms with Crippen LogP contribution in [0.15, 0.2) is 89.6 Å². The molecular formula is C32H29NO4. The van der Waals surface area contributed by atoms with Crippen LogP contribution in [0.2, 0.25) is 0 Å². The van der Waals surface area contributed by atoms with Crippen LogP contribution in [0.3, 0.4) is 0 Å². The van der Waals surface area contributed by atoms with Gasteiger partial charge in [-0.15, -0.1) is 0 Å². The van der Waals surface area contributed by atoms with Gasteiger partial charge in [-0.2, -0.15) is 0 Å². The Balaban J connectivity index is 1.56. The van der Waals surface area contributed by atoms with Crippen LogP contribution in [0.1, 0.15) is 25.0 Å². The van der Waals surface area contributed by atoms with Crippen LogP contribution >= 0.6 is 0 Å². The minimum atomic E-state index is -0.218. The lowest BCUT2D eigenvalue weighted by Gasteiger charge is -2.15. The summed E-state index contributed by atoms with van der Waals surface area (Å²) >= 11 is 0. The lowest BCUT2D eigenvalue weighted by atomic mass is 9.95. The number of amides is 1. The number of methoxy groups -OCH3 is 1. The molecule has 0 saturated carbocycles. The monoisotopic (exact) mass is 491 g/mol. The number of allylic oxidation sites excluding steroid dienone is 1. The van der Waals surface area contributed by atoms with Gasteiger partial charge in [0.1, 0.15) is 17.1 Å². The summed E-state index contributed by atoms with van der Waals surface area (Å²) in [6, 6.07) is 24.0. The van der Waals surface area contributed by atoms with Gasteiger partial charge in [-0.25, -0.2) is 0 Å². The molecule has 186 valence electrons. The van der Waals surface area contributed by atoms with Crippen molar-refractivity contribution in [3.05, 3.63) is 96.3 Å². The first kappa shape index (κ1) is 24.2. The van der Waals surface area contributed by atoms with E-state index in [4.69, 9.17) is 13.9 Å². The Hall–Kier alpha value is -4.51. The van der Waals surface area contributed by atoms with Gasteiger partial charge in [-0.05, 0) is 79.1 Å². The number of fused-ring (bicyclic) bond motifs is 2. The molecule has 0 fully saturated rings. The molecule has 1 N–H and O–H groups in total. The summed E-state index contributed by atoms with van der Waals surface area (Å²) in [5, 5.41) is 6.26. The molecule has 5 rings (SSSR count). The highest BCUT2D eigenvalue weighted by molar-refractivity contribution is 6.06. The molecule has 0 saturated heterocycles. The molecule has 0 radical (unpaired) electrons. The average Bonchev–Trinajstić information content (AvgIpc) is 3.34. The Morgan fingerprint density at radius 3 is 2.49 bits per heavy atom. The van der Waals surface area contributed by atoms with Crippen LogP contribution < -0.4 is 14.8 Å². The van der Waals surface area contributed by atoms with Crippen LogP contribution in [-0.2, 0) is 4.79 Å². The molecule has 0 atom stereocenters. The normalized spacial score (nSPS) is 11.6. The average molecular weight is 492 g/mol. The topological polar surface area (TPSA) is 60.7 Å². The molecule has 0 aliphatic carbocycles. The quantitative estimate of drug-likeness (QED) is 0.234. The predicted octanol–water partition coefficient (Wildman–Crippen LogP) is 8.01. The molecular weight excluding hydrogens is 462 g/mol. The number of hydrogen-bond donors (Lipinski definition) is 1. The number of benzene rings is 4. The van der Waals surface area contributed by atoms with Crippen molar-refractivity contribution < 1.29 is 18.7 Å². The van der Waals surface area contributed by atoms with E-state index in [1.165, 1.54) is 10.8 Å². The van der Waals surface area contributed by atoms with Gasteiger partial charge in [-0.3, -0.25) is 4.79 Å². The molecule has 5 heteroatoms. The number of furan rings is 1. The molecule has 37 heavy (non-hydrogen) atoms. The number of ether oxygens (including phenoxy) is 2. The van der Waals surface area contributed by atoms with Crippen molar-refractivity contribution in [3.8, 4) is 22.6 Å². The maximum Gasteiger partial charge on any atom is 0.248 e. The van der Waals surface area contributed by atoms with E-state index in [1.807, 2.05) is 57.2 Å². The van der Waals surface area contributed by atoms with E-state index in [9.17, 15) is 4.79 Å². The summed E-state index contributed by atoms with van der Waals surface area (Å²) in [5.41, 5.74) is 6.12. The van der Waals surface area contributed by atoms with Gasteiger partial charge in [0.25, 0.3) is 0 Å². The largest absolute Gasteiger partial charge is 0.497 e. The Labute approximate surface area is 216 Å². The Morgan fingerprint density at radius 1 is 1.00 bits per heavy atom. The zero-order valence-electron chi connectivity index (χ0n) is 21.4. The molecule has 0 bridgehead atoms. The Kier molecular flexibility index (Phi) is 6.69. The summed E-state index contributed by atoms with van der Waals surface area (Å²) in [6.45, 7) is 6.37. The van der Waals surface area contributed by atoms with Crippen molar-refractivity contribution in [2.75, 3.05) is 19.0 Å². The zero-order valence-corrected chi connectivity index (χ0v) is 21.4. The number of carbonyl (C=O) groups is 1. The standard InChI is InChI=1S/C32H29NO4/c1-5-36-31-21(3)32-28(29(19-37-32)24-11-10-22-8-6-7-9-23(22)17-24)18-27(31)20(2)16-30(34)33-25-12-14-26(35-4)15-13-25/h6-19H,5H2,1-4H3,(H,33,34)/b20-16+. The minimum absolute atomic E-state index is 0.218. The number of anilines is 1. The van der Waals surface area contributed by atoms with Gasteiger partial charge in [0.15, 0.2) is 0 Å². The van der Waals surface area contributed by atoms with E-state index in [-0.39, 0.29) is 5.91 Å². The van der Waals surface area contributed by atoms with Gasteiger partial charge in [0, 0.05) is 33.8 Å². The Morgan fingerprint density at radius 2 is 1.76 bits per heavy atom. The lowest BCUT2D eigenvalue weighted by Crippen LogP contribution is -2.09. The molecule has 0 aliphatic heterocycles. The molecule has 5 nitrogen and oxygen atoms in total. The number of rotatable bonds is 7. The molecule has 1 aromatic heterocycles. The SMILES string of the molecule is CCOc1c(/C(C)=C/C(=O)Nc2ccc(OC)cc2)cc2c(-c3ccc4ccccc4c3)coc2c1C. The van der Waals surface area contributed by atoms with E-state index in [2.05, 4.69) is 41.7 Å². The fraction of sp³-hybridized carbons (Fsp3) is 0.156. The second-order valence-corrected chi connectivity index (χ2v) is 8.94. The van der Waals surface area contributed by atoms with Gasteiger partial charge >= 0.3 is 0 Å². The van der Waals surface area contributed by atoms with E-state index in [0.717, 1.165) is 50.3 Å². The third-order valence-electron chi connectivity index (χ3n) is 6.52. The first-order valence-electron chi connectivity index (χ1n) is 12.3. The summed E-state index contributed by atoms with van der Waals surface area (Å²) in [6.07, 6.45) is 3.40. The molecule has 1 amide bonds. The fourth-order valence-electron chi connectivity index (χ4n) is 4.65. The lowest BCUT2D eigenvalue weighted by molar-refractivity contribution is -0.111. The predicted molar refractivity (Wildman–Crippen MR) is 150 cm³/mol. The molecule has 0 spiro atoms. The highest BCUT2D eigenvalue weighted by Crippen LogP contribution is 2.41. The number of aryl methyl sites for hydroxylation is 1. The second-order valence-electron chi connectivity index (χ2n) is 8.94. The van der Waals surface area contributed by atoms with Crippen molar-refractivity contribution in [1.82, 2.24) is 0 Å². The number of carbonyl (C=O) groups excluding carboxylic acids is 1. The Bertz CT molecular complexity index is 1630. The van der Waals surface area contributed by atoms with E-state index < -0.39 is 0 Å². The van der Waals surface area contributed by atoms with E-state index >= 15 is 0 Å². The van der Waals surface area contributed by atoms with Crippen molar-refractivity contribution >= 4 is 38.9 Å². The van der Waals surface area contributed by atoms with Crippen LogP contribution in [-0.4, -0.2) is 19.6 Å². The van der Waals surface area contributed by atoms with Crippen LogP contribution in [0.4, 0.5) is 5.69 Å². The van der Waals surface area contributed by atoms with Gasteiger partial charge < -0.3 is 19.2 Å². The van der Waals surface area contributed by atoms with Gasteiger partial charge in [0.2, 0.25) is 5.91 Å². The van der Waals surface area contributed by atoms with E-state index in [0.29, 0.717) is 12.3 Å². The summed E-state index contributed by atoms with van der Waals surface area (Å²) in [5.74, 6) is 1.24. The summed E-state index contributed by atoms with van der Waals surface area (Å²) < 4.78 is 17.3. The van der Waals surface area contributed by atoms with Gasteiger partial charge in [0.05, 0.1) is 20.0 Å². The number of nitrogens with one attached hydrogen (secondary N) is 1. The zero-order chi connectivity index (χ0) is 25.9. The molecule has 0 unspecified atom stereocenters. The third-order valence-corrected chi connectivity index (χ3v) is 6.52. The molecule has 1 heterocycles. The van der Waals surface area contributed by atoms with Crippen molar-refractivity contribution in [1.29, 1.82) is 0 Å². The van der Waals surface area contributed by atoms with Crippen molar-refractivity contribution in [2.24, 2.45) is 0 Å². The second kappa shape index (κ2) is 10.2. The highest BCUT2D eigenvalue weighted by Gasteiger charge is 2.19. The third kappa shape index (κ3) is 4.81. The maximum atomic E-state index is 12.9. The van der Waals surface area contributed by atoms with Crippen molar-refractivity contribution in [2.45, 2.75) is 20.8 Å².